The lowest BCUT2D eigenvalue weighted by Gasteiger charge is -2.12. The van der Waals surface area contributed by atoms with E-state index in [4.69, 9.17) is 4.74 Å². The van der Waals surface area contributed by atoms with E-state index in [-0.39, 0.29) is 5.75 Å². The van der Waals surface area contributed by atoms with Gasteiger partial charge in [-0.15, -0.1) is 0 Å². The van der Waals surface area contributed by atoms with Crippen LogP contribution in [0, 0.1) is 12.7 Å². The molecule has 3 nitrogen and oxygen atoms in total. The van der Waals surface area contributed by atoms with Crippen LogP contribution in [0.3, 0.4) is 0 Å². The fourth-order valence-corrected chi connectivity index (χ4v) is 1.93. The second-order valence-corrected chi connectivity index (χ2v) is 4.04. The summed E-state index contributed by atoms with van der Waals surface area (Å²) in [6.45, 7) is 1.77. The molecule has 84 valence electrons. The van der Waals surface area contributed by atoms with Crippen LogP contribution in [-0.2, 0) is 10.3 Å². The van der Waals surface area contributed by atoms with Crippen molar-refractivity contribution >= 4 is 6.08 Å². The normalized spacial score (nSPS) is 16.4. The number of carbonyl (C=O) groups excluding carboxylic acids is 1. The van der Waals surface area contributed by atoms with Crippen molar-refractivity contribution in [1.82, 2.24) is 0 Å². The highest BCUT2D eigenvalue weighted by Crippen LogP contribution is 2.50. The van der Waals surface area contributed by atoms with E-state index in [0.717, 1.165) is 18.4 Å². The maximum atomic E-state index is 13.6. The molecular weight excluding hydrogens is 209 g/mol. The maximum absolute atomic E-state index is 13.6. The van der Waals surface area contributed by atoms with Crippen LogP contribution in [0.1, 0.15) is 24.0 Å². The number of aliphatic imine (C=N–C) groups is 1. The summed E-state index contributed by atoms with van der Waals surface area (Å²) in [5.41, 5.74) is 0.913. The third kappa shape index (κ3) is 1.61. The summed E-state index contributed by atoms with van der Waals surface area (Å²) >= 11 is 0. The van der Waals surface area contributed by atoms with Gasteiger partial charge < -0.3 is 4.74 Å². The van der Waals surface area contributed by atoms with Crippen molar-refractivity contribution in [3.63, 3.8) is 0 Å². The van der Waals surface area contributed by atoms with E-state index in [0.29, 0.717) is 5.56 Å². The first kappa shape index (κ1) is 10.8. The van der Waals surface area contributed by atoms with Gasteiger partial charge >= 0.3 is 0 Å². The summed E-state index contributed by atoms with van der Waals surface area (Å²) in [5.74, 6) is -0.167. The molecule has 0 unspecified atom stereocenters. The van der Waals surface area contributed by atoms with Crippen molar-refractivity contribution in [3.8, 4) is 5.75 Å². The summed E-state index contributed by atoms with van der Waals surface area (Å²) < 4.78 is 18.6. The van der Waals surface area contributed by atoms with Gasteiger partial charge in [-0.3, -0.25) is 0 Å². The number of halogens is 1. The Hall–Kier alpha value is -1.67. The largest absolute Gasteiger partial charge is 0.493 e. The van der Waals surface area contributed by atoms with Gasteiger partial charge in [0.15, 0.2) is 11.6 Å². The summed E-state index contributed by atoms with van der Waals surface area (Å²) in [5, 5.41) is 0. The minimum atomic E-state index is -0.528. The zero-order chi connectivity index (χ0) is 11.8. The Morgan fingerprint density at radius 1 is 1.50 bits per heavy atom. The molecule has 0 atom stereocenters. The third-order valence-corrected chi connectivity index (χ3v) is 2.95. The molecule has 1 aromatic carbocycles. The molecule has 0 radical (unpaired) electrons. The van der Waals surface area contributed by atoms with Crippen LogP contribution in [0.5, 0.6) is 5.75 Å². The highest BCUT2D eigenvalue weighted by atomic mass is 19.1. The van der Waals surface area contributed by atoms with Crippen molar-refractivity contribution in [2.24, 2.45) is 4.99 Å². The van der Waals surface area contributed by atoms with Crippen molar-refractivity contribution < 1.29 is 13.9 Å². The number of methoxy groups -OCH3 is 1. The van der Waals surface area contributed by atoms with E-state index >= 15 is 0 Å². The topological polar surface area (TPSA) is 38.7 Å². The lowest BCUT2D eigenvalue weighted by Crippen LogP contribution is -2.04. The Labute approximate surface area is 93.0 Å². The van der Waals surface area contributed by atoms with Crippen molar-refractivity contribution in [1.29, 1.82) is 0 Å². The minimum absolute atomic E-state index is 0.245. The first-order valence-corrected chi connectivity index (χ1v) is 5.06. The Balaban J connectivity index is 2.48. The predicted octanol–water partition coefficient (Wildman–Crippen LogP) is 2.47. The highest BCUT2D eigenvalue weighted by molar-refractivity contribution is 5.46. The van der Waals surface area contributed by atoms with Gasteiger partial charge in [-0.05, 0) is 43.0 Å². The molecule has 2 rings (SSSR count). The van der Waals surface area contributed by atoms with E-state index in [1.165, 1.54) is 13.2 Å². The van der Waals surface area contributed by atoms with Crippen molar-refractivity contribution in [2.75, 3.05) is 7.11 Å². The van der Waals surface area contributed by atoms with Crippen molar-refractivity contribution in [3.05, 3.63) is 29.1 Å². The van der Waals surface area contributed by atoms with Crippen LogP contribution < -0.4 is 4.74 Å². The standard InChI is InChI=1S/C12H12FNO2/c1-8-5-9(6-10(13)11(8)16-2)12(3-4-12)14-7-15/h5-6H,3-4H2,1-2H3. The molecule has 16 heavy (non-hydrogen) atoms. The molecule has 1 aliphatic rings. The van der Waals surface area contributed by atoms with E-state index < -0.39 is 11.4 Å². The summed E-state index contributed by atoms with van der Waals surface area (Å²) in [6, 6.07) is 3.20. The zero-order valence-electron chi connectivity index (χ0n) is 9.21. The molecule has 1 saturated carbocycles. The van der Waals surface area contributed by atoms with E-state index in [9.17, 15) is 9.18 Å². The van der Waals surface area contributed by atoms with Crippen LogP contribution in [0.4, 0.5) is 4.39 Å². The second-order valence-electron chi connectivity index (χ2n) is 4.04. The van der Waals surface area contributed by atoms with E-state index in [2.05, 4.69) is 4.99 Å². The first-order chi connectivity index (χ1) is 7.63. The molecule has 0 aliphatic heterocycles. The van der Waals surface area contributed by atoms with E-state index in [1.54, 1.807) is 13.0 Å². The molecule has 0 amide bonds. The van der Waals surface area contributed by atoms with Crippen LogP contribution in [0.25, 0.3) is 0 Å². The summed E-state index contributed by atoms with van der Waals surface area (Å²) in [6.07, 6.45) is 3.10. The first-order valence-electron chi connectivity index (χ1n) is 5.06. The molecule has 1 aromatic rings. The van der Waals surface area contributed by atoms with Gasteiger partial charge in [-0.2, -0.15) is 4.99 Å². The van der Waals surface area contributed by atoms with Gasteiger partial charge in [0.1, 0.15) is 0 Å². The Morgan fingerprint density at radius 3 is 2.62 bits per heavy atom. The van der Waals surface area contributed by atoms with Gasteiger partial charge in [0.25, 0.3) is 0 Å². The Bertz CT molecular complexity index is 451. The molecule has 4 heteroatoms. The molecule has 0 spiro atoms. The molecule has 0 heterocycles. The van der Waals surface area contributed by atoms with Gasteiger partial charge in [0.2, 0.25) is 6.08 Å². The lowest BCUT2D eigenvalue weighted by atomic mass is 10.0. The van der Waals surface area contributed by atoms with Gasteiger partial charge in [-0.1, -0.05) is 0 Å². The maximum Gasteiger partial charge on any atom is 0.235 e. The summed E-state index contributed by atoms with van der Waals surface area (Å²) in [4.78, 5) is 14.1. The molecule has 1 fully saturated rings. The van der Waals surface area contributed by atoms with Crippen LogP contribution >= 0.6 is 0 Å². The Kier molecular flexibility index (Phi) is 2.52. The van der Waals surface area contributed by atoms with Gasteiger partial charge in [0, 0.05) is 0 Å². The monoisotopic (exact) mass is 221 g/mol. The smallest absolute Gasteiger partial charge is 0.235 e. The fourth-order valence-electron chi connectivity index (χ4n) is 1.93. The lowest BCUT2D eigenvalue weighted by molar-refractivity contribution is 0.382. The summed E-state index contributed by atoms with van der Waals surface area (Å²) in [7, 11) is 1.43. The number of hydrogen-bond donors (Lipinski definition) is 0. The molecule has 0 bridgehead atoms. The minimum Gasteiger partial charge on any atom is -0.493 e. The van der Waals surface area contributed by atoms with Crippen LogP contribution in [0.15, 0.2) is 17.1 Å². The zero-order valence-corrected chi connectivity index (χ0v) is 9.21. The van der Waals surface area contributed by atoms with E-state index in [1.807, 2.05) is 6.07 Å². The van der Waals surface area contributed by atoms with Gasteiger partial charge in [0.05, 0.1) is 12.6 Å². The quantitative estimate of drug-likeness (QED) is 0.581. The Morgan fingerprint density at radius 2 is 2.19 bits per heavy atom. The second kappa shape index (κ2) is 3.72. The number of isocyanates is 1. The van der Waals surface area contributed by atoms with Crippen molar-refractivity contribution in [2.45, 2.75) is 25.3 Å². The van der Waals surface area contributed by atoms with Crippen LogP contribution in [0.2, 0.25) is 0 Å². The molecule has 1 aliphatic carbocycles. The SMILES string of the molecule is COc1c(C)cc(C2(N=C=O)CC2)cc1F. The number of benzene rings is 1. The predicted molar refractivity (Wildman–Crippen MR) is 56.7 cm³/mol. The number of aryl methyl sites for hydroxylation is 1. The molecular formula is C12H12FNO2. The average Bonchev–Trinajstić information content (AvgIpc) is 2.99. The number of ether oxygens (including phenoxy) is 1. The average molecular weight is 221 g/mol. The number of hydrogen-bond acceptors (Lipinski definition) is 3. The van der Waals surface area contributed by atoms with Crippen LogP contribution in [-0.4, -0.2) is 13.2 Å². The van der Waals surface area contributed by atoms with Gasteiger partial charge in [-0.25, -0.2) is 9.18 Å². The third-order valence-electron chi connectivity index (χ3n) is 2.95. The number of nitrogens with zero attached hydrogens (tertiary/aromatic N) is 1. The fraction of sp³-hybridized carbons (Fsp3) is 0.417. The highest BCUT2D eigenvalue weighted by Gasteiger charge is 2.45. The molecule has 0 aromatic heterocycles. The number of rotatable bonds is 3. The molecule has 0 N–H and O–H groups in total. The molecule has 0 saturated heterocycles.